The van der Waals surface area contributed by atoms with Gasteiger partial charge in [-0.05, 0) is 56.2 Å². The van der Waals surface area contributed by atoms with Crippen molar-refractivity contribution in [2.24, 2.45) is 11.7 Å². The molecular formula is C42H48F2N12O6. The Morgan fingerprint density at radius 2 is 1.66 bits per heavy atom. The molecule has 4 atom stereocenters. The van der Waals surface area contributed by atoms with Gasteiger partial charge in [0.15, 0.2) is 17.3 Å². The Kier molecular flexibility index (Phi) is 10.9. The summed E-state index contributed by atoms with van der Waals surface area (Å²) in [6.07, 6.45) is 4.09. The van der Waals surface area contributed by atoms with Crippen LogP contribution in [0.5, 0.6) is 0 Å². The van der Waals surface area contributed by atoms with Gasteiger partial charge in [-0.15, -0.1) is 10.2 Å². The summed E-state index contributed by atoms with van der Waals surface area (Å²) >= 11 is 0. The number of urea groups is 1. The van der Waals surface area contributed by atoms with Gasteiger partial charge in [0.2, 0.25) is 11.8 Å². The topological polar surface area (TPSA) is 211 Å². The van der Waals surface area contributed by atoms with Crippen LogP contribution in [0.15, 0.2) is 30.3 Å². The van der Waals surface area contributed by atoms with Gasteiger partial charge in [-0.3, -0.25) is 39.1 Å². The number of benzene rings is 2. The number of primary amides is 1. The van der Waals surface area contributed by atoms with E-state index in [1.807, 2.05) is 15.9 Å². The maximum Gasteiger partial charge on any atom is 0.320 e. The number of amides is 7. The van der Waals surface area contributed by atoms with E-state index in [2.05, 4.69) is 35.6 Å². The molecule has 4 saturated heterocycles. The largest absolute Gasteiger partial charge is 0.371 e. The number of hydrogen-bond acceptors (Lipinski definition) is 13. The van der Waals surface area contributed by atoms with Crippen LogP contribution >= 0.6 is 0 Å². The van der Waals surface area contributed by atoms with Crippen LogP contribution in [0, 0.1) is 17.6 Å². The van der Waals surface area contributed by atoms with Crippen molar-refractivity contribution >= 4 is 58.4 Å². The van der Waals surface area contributed by atoms with Crippen molar-refractivity contribution in [2.45, 2.75) is 62.9 Å². The Balaban J connectivity index is 0.801. The third-order valence-electron chi connectivity index (χ3n) is 13.2. The molecule has 1 aromatic heterocycles. The van der Waals surface area contributed by atoms with Gasteiger partial charge in [0.1, 0.15) is 17.7 Å². The van der Waals surface area contributed by atoms with Crippen molar-refractivity contribution in [1.82, 2.24) is 40.1 Å². The van der Waals surface area contributed by atoms with Crippen molar-refractivity contribution in [3.8, 4) is 0 Å². The molecule has 0 bridgehead atoms. The zero-order chi connectivity index (χ0) is 43.4. The number of likely N-dealkylation sites (N-methyl/N-ethyl adjacent to an activating group) is 1. The first-order valence-corrected chi connectivity index (χ1v) is 21.2. The van der Waals surface area contributed by atoms with Crippen molar-refractivity contribution < 1.29 is 37.5 Å². The summed E-state index contributed by atoms with van der Waals surface area (Å²) in [4.78, 5) is 91.0. The smallest absolute Gasteiger partial charge is 0.320 e. The molecule has 6 aliphatic rings. The third-order valence-corrected chi connectivity index (χ3v) is 13.2. The number of hydrogen-bond donors (Lipinski definition) is 3. The van der Waals surface area contributed by atoms with Gasteiger partial charge in [0.25, 0.3) is 17.7 Å². The summed E-state index contributed by atoms with van der Waals surface area (Å²) in [6.45, 7) is 5.77. The van der Waals surface area contributed by atoms with Gasteiger partial charge < -0.3 is 30.7 Å². The van der Waals surface area contributed by atoms with E-state index in [1.54, 1.807) is 24.1 Å². The maximum atomic E-state index is 15.8. The fourth-order valence-electron chi connectivity index (χ4n) is 9.86. The molecule has 2 aromatic carbocycles. The number of rotatable bonds is 10. The molecule has 4 N–H and O–H groups in total. The van der Waals surface area contributed by atoms with Gasteiger partial charge in [-0.25, -0.2) is 18.6 Å². The van der Waals surface area contributed by atoms with E-state index in [0.29, 0.717) is 57.4 Å². The van der Waals surface area contributed by atoms with E-state index in [1.165, 1.54) is 0 Å². The van der Waals surface area contributed by atoms with Crippen LogP contribution in [-0.4, -0.2) is 148 Å². The molecule has 326 valence electrons. The molecule has 18 nitrogen and oxygen atoms in total. The lowest BCUT2D eigenvalue weighted by Gasteiger charge is -2.37. The lowest BCUT2D eigenvalue weighted by molar-refractivity contribution is -0.136. The second-order valence-corrected chi connectivity index (χ2v) is 17.1. The molecule has 9 rings (SSSR count). The number of imide groups is 2. The van der Waals surface area contributed by atoms with Gasteiger partial charge in [0, 0.05) is 102 Å². The zero-order valence-corrected chi connectivity index (χ0v) is 34.3. The van der Waals surface area contributed by atoms with E-state index in [-0.39, 0.29) is 64.8 Å². The van der Waals surface area contributed by atoms with Gasteiger partial charge in [-0.2, -0.15) is 0 Å². The highest BCUT2D eigenvalue weighted by atomic mass is 19.1. The van der Waals surface area contributed by atoms with Crippen LogP contribution in [-0.2, 0) is 9.59 Å². The normalized spacial score (nSPS) is 24.6. The highest BCUT2D eigenvalue weighted by Gasteiger charge is 2.45. The van der Waals surface area contributed by atoms with Crippen molar-refractivity contribution in [3.63, 3.8) is 0 Å². The van der Waals surface area contributed by atoms with Crippen LogP contribution in [0.25, 0.3) is 0 Å². The molecule has 3 aromatic rings. The van der Waals surface area contributed by atoms with Crippen molar-refractivity contribution in [2.75, 3.05) is 81.1 Å². The summed E-state index contributed by atoms with van der Waals surface area (Å²) in [5, 5.41) is 13.2. The minimum atomic E-state index is -1.02. The van der Waals surface area contributed by atoms with Gasteiger partial charge in [0.05, 0.1) is 22.5 Å². The Morgan fingerprint density at radius 3 is 2.40 bits per heavy atom. The Morgan fingerprint density at radius 1 is 0.871 bits per heavy atom. The van der Waals surface area contributed by atoms with Crippen molar-refractivity contribution in [3.05, 3.63) is 64.6 Å². The number of nitrogens with two attached hydrogens (primary N) is 1. The maximum absolute atomic E-state index is 15.8. The number of anilines is 4. The summed E-state index contributed by atoms with van der Waals surface area (Å²) in [6, 6.07) is 6.30. The van der Waals surface area contributed by atoms with E-state index in [4.69, 9.17) is 5.73 Å². The molecule has 7 amide bonds. The number of aromatic nitrogens is 3. The summed E-state index contributed by atoms with van der Waals surface area (Å²) in [5.74, 6) is -4.12. The summed E-state index contributed by atoms with van der Waals surface area (Å²) < 4.78 is 31.6. The minimum absolute atomic E-state index is 0.00485. The van der Waals surface area contributed by atoms with E-state index in [0.717, 1.165) is 68.0 Å². The van der Waals surface area contributed by atoms with Crippen LogP contribution in [0.3, 0.4) is 0 Å². The predicted octanol–water partition coefficient (Wildman–Crippen LogP) is 2.44. The lowest BCUT2D eigenvalue weighted by Crippen LogP contribution is -2.54. The molecule has 6 heterocycles. The molecule has 0 spiro atoms. The fraction of sp³-hybridized carbons (Fsp3) is 0.500. The van der Waals surface area contributed by atoms with Crippen molar-refractivity contribution in [1.29, 1.82) is 0 Å². The molecule has 0 radical (unpaired) electrons. The highest BCUT2D eigenvalue weighted by molar-refractivity contribution is 6.23. The zero-order valence-electron chi connectivity index (χ0n) is 34.3. The molecule has 3 unspecified atom stereocenters. The Hall–Kier alpha value is -6.31. The number of fused-ring (bicyclic) bond motifs is 1. The summed E-state index contributed by atoms with van der Waals surface area (Å²) in [5.41, 5.74) is 6.45. The monoisotopic (exact) mass is 854 g/mol. The summed E-state index contributed by atoms with van der Waals surface area (Å²) in [7, 11) is 1.78. The molecule has 5 aliphatic heterocycles. The quantitative estimate of drug-likeness (QED) is 0.251. The number of carbonyl (C=O) groups is 6. The van der Waals surface area contributed by atoms with Crippen LogP contribution in [0.4, 0.5) is 36.5 Å². The first-order chi connectivity index (χ1) is 29.8. The first kappa shape index (κ1) is 41.1. The van der Waals surface area contributed by atoms with Gasteiger partial charge >= 0.3 is 6.03 Å². The van der Waals surface area contributed by atoms with Crippen LogP contribution in [0.1, 0.15) is 87.9 Å². The Bertz CT molecular complexity index is 2360. The number of nitrogens with zero attached hydrogens (tertiary/aromatic N) is 9. The average Bonchev–Trinajstić information content (AvgIpc) is 3.94. The van der Waals surface area contributed by atoms with Gasteiger partial charge in [-0.1, -0.05) is 6.42 Å². The highest BCUT2D eigenvalue weighted by Crippen LogP contribution is 2.37. The number of nitrogens with one attached hydrogen (secondary N) is 2. The molecule has 1 aliphatic carbocycles. The Labute approximate surface area is 355 Å². The number of piperazine rings is 1. The number of halogens is 2. The second kappa shape index (κ2) is 16.5. The second-order valence-electron chi connectivity index (χ2n) is 17.1. The number of carbonyl (C=O) groups excluding carboxylic acids is 6. The van der Waals surface area contributed by atoms with Crippen LogP contribution < -0.4 is 26.2 Å². The molecule has 1 saturated carbocycles. The van der Waals surface area contributed by atoms with E-state index >= 15 is 8.78 Å². The molecule has 62 heavy (non-hydrogen) atoms. The number of piperidine rings is 1. The SMILES string of the molecule is CN1CCN([C@@H]2CCCC(c3nnc(C(N)=O)c(Nc4cc(F)c(N5CCN(CC6CCN(c7ccc8c(c7)C(=O)N(C7CCC(=O)NC7=O)C8=O)C6)CC5)cc4F)n3)C2)C1=O. The fourth-order valence-corrected chi connectivity index (χ4v) is 9.86. The standard InChI is InChI=1S/C42H48F2N12O6/c1-51-11-16-55(42(51)62)26-4-2-3-24(17-26)37-48-38(35(36(45)58)49-50-37)46-31-19-30(44)33(20-29(31)43)53-14-12-52(13-15-53)21-23-9-10-54(22-23)25-5-6-27-28(18-25)41(61)56(40(27)60)32-7-8-34(57)47-39(32)59/h5-6,18-20,23-24,26,32H,2-4,7-17,21-22H2,1H3,(H2,45,58)(H,46,48,50)(H,47,57,59)/t23?,24?,26-,32?/m1/s1. The van der Waals surface area contributed by atoms with E-state index < -0.39 is 47.2 Å². The molecule has 20 heteroatoms. The first-order valence-electron chi connectivity index (χ1n) is 21.2. The average molecular weight is 855 g/mol. The van der Waals surface area contributed by atoms with E-state index in [9.17, 15) is 28.8 Å². The lowest BCUT2D eigenvalue weighted by atomic mass is 9.84. The predicted molar refractivity (Wildman–Crippen MR) is 220 cm³/mol. The third kappa shape index (κ3) is 7.75. The molecule has 5 fully saturated rings. The van der Waals surface area contributed by atoms with Crippen LogP contribution in [0.2, 0.25) is 0 Å². The molecular weight excluding hydrogens is 807 g/mol. The minimum Gasteiger partial charge on any atom is -0.371 e.